The van der Waals surface area contributed by atoms with Gasteiger partial charge in [-0.2, -0.15) is 0 Å². The summed E-state index contributed by atoms with van der Waals surface area (Å²) in [5.41, 5.74) is 1.34. The first-order valence-corrected chi connectivity index (χ1v) is 5.29. The Morgan fingerprint density at radius 2 is 1.80 bits per heavy atom. The fourth-order valence-electron chi connectivity index (χ4n) is 1.86. The van der Waals surface area contributed by atoms with Crippen LogP contribution in [0.4, 0.5) is 0 Å². The van der Waals surface area contributed by atoms with Crippen LogP contribution >= 0.6 is 0 Å². The van der Waals surface area contributed by atoms with E-state index in [1.165, 1.54) is 16.3 Å². The van der Waals surface area contributed by atoms with Gasteiger partial charge in [0.1, 0.15) is 0 Å². The summed E-state index contributed by atoms with van der Waals surface area (Å²) in [6, 6.07) is 15.0. The van der Waals surface area contributed by atoms with Crippen LogP contribution in [0.5, 0.6) is 0 Å². The topological polar surface area (TPSA) is 9.23 Å². The summed E-state index contributed by atoms with van der Waals surface area (Å²) in [5.74, 6) is 0.458. The number of methoxy groups -OCH3 is 1. The van der Waals surface area contributed by atoms with E-state index in [1.54, 1.807) is 7.11 Å². The van der Waals surface area contributed by atoms with Gasteiger partial charge in [-0.3, -0.25) is 0 Å². The minimum Gasteiger partial charge on any atom is -0.384 e. The van der Waals surface area contributed by atoms with Gasteiger partial charge in [-0.15, -0.1) is 0 Å². The molecule has 2 aromatic carbocycles. The Morgan fingerprint density at radius 3 is 2.53 bits per heavy atom. The number of fused-ring (bicyclic) bond motifs is 1. The Balaban J connectivity index is 2.38. The Morgan fingerprint density at radius 1 is 1.07 bits per heavy atom. The predicted molar refractivity (Wildman–Crippen MR) is 64.2 cm³/mol. The molecular formula is C14H16O. The molecule has 15 heavy (non-hydrogen) atoms. The van der Waals surface area contributed by atoms with E-state index >= 15 is 0 Å². The molecule has 0 heterocycles. The first-order chi connectivity index (χ1) is 7.31. The number of ether oxygens (including phenoxy) is 1. The van der Waals surface area contributed by atoms with Crippen molar-refractivity contribution >= 4 is 10.8 Å². The third kappa shape index (κ3) is 2.18. The van der Waals surface area contributed by atoms with E-state index in [2.05, 4.69) is 49.4 Å². The summed E-state index contributed by atoms with van der Waals surface area (Å²) >= 11 is 0. The third-order valence-corrected chi connectivity index (χ3v) is 2.76. The van der Waals surface area contributed by atoms with Crippen LogP contribution in [-0.4, -0.2) is 13.7 Å². The lowest BCUT2D eigenvalue weighted by Crippen LogP contribution is -2.01. The van der Waals surface area contributed by atoms with Gasteiger partial charge < -0.3 is 4.74 Å². The molecule has 0 aromatic heterocycles. The van der Waals surface area contributed by atoms with Crippen molar-refractivity contribution in [3.05, 3.63) is 48.0 Å². The lowest BCUT2D eigenvalue weighted by molar-refractivity contribution is 0.184. The first kappa shape index (κ1) is 10.2. The molecule has 0 spiro atoms. The van der Waals surface area contributed by atoms with Crippen LogP contribution in [0.1, 0.15) is 18.4 Å². The molecule has 1 unspecified atom stereocenters. The number of hydrogen-bond donors (Lipinski definition) is 0. The van der Waals surface area contributed by atoms with Crippen molar-refractivity contribution in [3.8, 4) is 0 Å². The van der Waals surface area contributed by atoms with Crippen molar-refractivity contribution in [2.24, 2.45) is 0 Å². The molecule has 0 amide bonds. The number of benzene rings is 2. The molecule has 1 nitrogen and oxygen atoms in total. The molecular weight excluding hydrogens is 184 g/mol. The number of rotatable bonds is 3. The van der Waals surface area contributed by atoms with Crippen LogP contribution in [0.25, 0.3) is 10.8 Å². The molecule has 0 saturated carbocycles. The van der Waals surface area contributed by atoms with Crippen molar-refractivity contribution in [1.82, 2.24) is 0 Å². The summed E-state index contributed by atoms with van der Waals surface area (Å²) < 4.78 is 5.17. The van der Waals surface area contributed by atoms with E-state index < -0.39 is 0 Å². The van der Waals surface area contributed by atoms with Gasteiger partial charge in [0.2, 0.25) is 0 Å². The van der Waals surface area contributed by atoms with Gasteiger partial charge in [-0.05, 0) is 16.3 Å². The molecule has 0 radical (unpaired) electrons. The zero-order chi connectivity index (χ0) is 10.7. The molecule has 0 N–H and O–H groups in total. The van der Waals surface area contributed by atoms with Crippen LogP contribution < -0.4 is 0 Å². The minimum atomic E-state index is 0.458. The number of hydrogen-bond acceptors (Lipinski definition) is 1. The fraction of sp³-hybridized carbons (Fsp3) is 0.286. The molecule has 2 aromatic rings. The smallest absolute Gasteiger partial charge is 0.0528 e. The zero-order valence-corrected chi connectivity index (χ0v) is 9.23. The Hall–Kier alpha value is -1.34. The molecule has 0 saturated heterocycles. The van der Waals surface area contributed by atoms with E-state index in [1.807, 2.05) is 0 Å². The van der Waals surface area contributed by atoms with Gasteiger partial charge in [0.15, 0.2) is 0 Å². The quantitative estimate of drug-likeness (QED) is 0.735. The highest BCUT2D eigenvalue weighted by molar-refractivity contribution is 5.83. The van der Waals surface area contributed by atoms with Gasteiger partial charge in [0.25, 0.3) is 0 Å². The van der Waals surface area contributed by atoms with Gasteiger partial charge in [0, 0.05) is 13.0 Å². The van der Waals surface area contributed by atoms with Crippen molar-refractivity contribution < 1.29 is 4.74 Å². The average Bonchev–Trinajstić information content (AvgIpc) is 2.29. The molecule has 0 aliphatic rings. The van der Waals surface area contributed by atoms with Crippen LogP contribution in [-0.2, 0) is 4.74 Å². The lowest BCUT2D eigenvalue weighted by Gasteiger charge is -2.11. The fourth-order valence-corrected chi connectivity index (χ4v) is 1.86. The van der Waals surface area contributed by atoms with E-state index in [-0.39, 0.29) is 0 Å². The summed E-state index contributed by atoms with van der Waals surface area (Å²) in [4.78, 5) is 0. The van der Waals surface area contributed by atoms with Gasteiger partial charge in [0.05, 0.1) is 6.61 Å². The highest BCUT2D eigenvalue weighted by Gasteiger charge is 2.05. The normalized spacial score (nSPS) is 12.9. The first-order valence-electron chi connectivity index (χ1n) is 5.29. The molecule has 2 rings (SSSR count). The largest absolute Gasteiger partial charge is 0.384 e. The second-order valence-corrected chi connectivity index (χ2v) is 3.96. The van der Waals surface area contributed by atoms with Crippen molar-refractivity contribution in [2.45, 2.75) is 12.8 Å². The average molecular weight is 200 g/mol. The highest BCUT2D eigenvalue weighted by atomic mass is 16.5. The lowest BCUT2D eigenvalue weighted by atomic mass is 9.98. The summed E-state index contributed by atoms with van der Waals surface area (Å²) in [6.45, 7) is 2.96. The van der Waals surface area contributed by atoms with Crippen LogP contribution in [0.2, 0.25) is 0 Å². The maximum Gasteiger partial charge on any atom is 0.0528 e. The summed E-state index contributed by atoms with van der Waals surface area (Å²) in [5, 5.41) is 2.60. The van der Waals surface area contributed by atoms with E-state index in [0.717, 1.165) is 6.61 Å². The van der Waals surface area contributed by atoms with Gasteiger partial charge in [-0.25, -0.2) is 0 Å². The molecule has 0 bridgehead atoms. The zero-order valence-electron chi connectivity index (χ0n) is 9.23. The maximum atomic E-state index is 5.17. The molecule has 1 atom stereocenters. The summed E-state index contributed by atoms with van der Waals surface area (Å²) in [7, 11) is 1.75. The molecule has 1 heteroatoms. The Labute approximate surface area is 90.7 Å². The third-order valence-electron chi connectivity index (χ3n) is 2.76. The van der Waals surface area contributed by atoms with Crippen molar-refractivity contribution in [3.63, 3.8) is 0 Å². The van der Waals surface area contributed by atoms with E-state index in [0.29, 0.717) is 5.92 Å². The van der Waals surface area contributed by atoms with Crippen molar-refractivity contribution in [2.75, 3.05) is 13.7 Å². The Kier molecular flexibility index (Phi) is 3.02. The van der Waals surface area contributed by atoms with E-state index in [4.69, 9.17) is 4.74 Å². The van der Waals surface area contributed by atoms with Gasteiger partial charge >= 0.3 is 0 Å². The molecule has 78 valence electrons. The molecule has 0 aliphatic heterocycles. The van der Waals surface area contributed by atoms with Crippen LogP contribution in [0.3, 0.4) is 0 Å². The summed E-state index contributed by atoms with van der Waals surface area (Å²) in [6.07, 6.45) is 0. The second-order valence-electron chi connectivity index (χ2n) is 3.96. The van der Waals surface area contributed by atoms with Gasteiger partial charge in [-0.1, -0.05) is 49.4 Å². The molecule has 0 aliphatic carbocycles. The SMILES string of the molecule is COCC(C)c1ccc2ccccc2c1. The second kappa shape index (κ2) is 4.45. The van der Waals surface area contributed by atoms with Crippen molar-refractivity contribution in [1.29, 1.82) is 0 Å². The minimum absolute atomic E-state index is 0.458. The van der Waals surface area contributed by atoms with Crippen LogP contribution in [0, 0.1) is 0 Å². The maximum absolute atomic E-state index is 5.17. The molecule has 0 fully saturated rings. The monoisotopic (exact) mass is 200 g/mol. The predicted octanol–water partition coefficient (Wildman–Crippen LogP) is 3.59. The standard InChI is InChI=1S/C14H16O/c1-11(10-15-2)13-8-7-12-5-3-4-6-14(12)9-13/h3-9,11H,10H2,1-2H3. The highest BCUT2D eigenvalue weighted by Crippen LogP contribution is 2.21. The van der Waals surface area contributed by atoms with E-state index in [9.17, 15) is 0 Å². The van der Waals surface area contributed by atoms with Crippen LogP contribution in [0.15, 0.2) is 42.5 Å². The Bertz CT molecular complexity index is 448.